The Labute approximate surface area is 172 Å². The summed E-state index contributed by atoms with van der Waals surface area (Å²) in [5, 5.41) is 0. The third-order valence-electron chi connectivity index (χ3n) is 4.97. The van der Waals surface area contributed by atoms with E-state index in [1.54, 1.807) is 0 Å². The summed E-state index contributed by atoms with van der Waals surface area (Å²) in [7, 11) is 0. The summed E-state index contributed by atoms with van der Waals surface area (Å²) in [4.78, 5) is 4.81. The predicted molar refractivity (Wildman–Crippen MR) is 125 cm³/mol. The van der Waals surface area contributed by atoms with Crippen molar-refractivity contribution in [3.8, 4) is 22.3 Å². The summed E-state index contributed by atoms with van der Waals surface area (Å²) < 4.78 is 0. The van der Waals surface area contributed by atoms with Crippen LogP contribution in [0.2, 0.25) is 0 Å². The lowest BCUT2D eigenvalue weighted by Crippen LogP contribution is -1.97. The molecule has 140 valence electrons. The van der Waals surface area contributed by atoms with Crippen molar-refractivity contribution in [3.05, 3.63) is 127 Å². The fourth-order valence-electron chi connectivity index (χ4n) is 3.39. The highest BCUT2D eigenvalue weighted by molar-refractivity contribution is 6.03. The van der Waals surface area contributed by atoms with Gasteiger partial charge in [0.05, 0.1) is 5.70 Å². The molecule has 0 spiro atoms. The molecule has 0 N–H and O–H groups in total. The van der Waals surface area contributed by atoms with Crippen molar-refractivity contribution in [1.82, 2.24) is 0 Å². The Morgan fingerprint density at radius 1 is 0.552 bits per heavy atom. The van der Waals surface area contributed by atoms with Crippen LogP contribution in [0, 0.1) is 0 Å². The Kier molecular flexibility index (Phi) is 5.49. The van der Waals surface area contributed by atoms with E-state index in [4.69, 9.17) is 4.99 Å². The van der Waals surface area contributed by atoms with E-state index in [9.17, 15) is 0 Å². The second kappa shape index (κ2) is 8.53. The molecule has 0 saturated carbocycles. The van der Waals surface area contributed by atoms with Crippen LogP contribution in [0.15, 0.2) is 121 Å². The maximum atomic E-state index is 4.81. The molecule has 0 fully saturated rings. The second-order valence-corrected chi connectivity index (χ2v) is 7.04. The van der Waals surface area contributed by atoms with Gasteiger partial charge in [-0.05, 0) is 58.5 Å². The number of aliphatic imine (C=N–C) groups is 1. The van der Waals surface area contributed by atoms with Crippen LogP contribution in [0.4, 0.5) is 0 Å². The van der Waals surface area contributed by atoms with Crippen molar-refractivity contribution in [1.29, 1.82) is 0 Å². The maximum absolute atomic E-state index is 4.81. The lowest BCUT2D eigenvalue weighted by atomic mass is 9.94. The van der Waals surface area contributed by atoms with E-state index >= 15 is 0 Å². The van der Waals surface area contributed by atoms with Crippen molar-refractivity contribution in [2.75, 3.05) is 0 Å². The summed E-state index contributed by atoms with van der Waals surface area (Å²) in [5.74, 6) is 0. The van der Waals surface area contributed by atoms with E-state index in [1.165, 1.54) is 22.3 Å². The molecule has 0 radical (unpaired) electrons. The van der Waals surface area contributed by atoms with Crippen molar-refractivity contribution in [2.24, 2.45) is 4.99 Å². The largest absolute Gasteiger partial charge is 0.253 e. The number of nitrogens with zero attached hydrogens (tertiary/aromatic N) is 1. The molecule has 0 saturated heterocycles. The summed E-state index contributed by atoms with van der Waals surface area (Å²) in [6.07, 6.45) is 0. The Hall–Kier alpha value is -3.71. The fourth-order valence-corrected chi connectivity index (χ4v) is 3.39. The van der Waals surface area contributed by atoms with Gasteiger partial charge in [0, 0.05) is 5.71 Å². The molecular formula is C28H23N. The van der Waals surface area contributed by atoms with Gasteiger partial charge in [0.25, 0.3) is 0 Å². The SMILES string of the molecule is C=C(N=C(C)c1cc(-c2ccccc2)cc(-c2ccccc2)c1)c1ccccc1. The van der Waals surface area contributed by atoms with Gasteiger partial charge >= 0.3 is 0 Å². The van der Waals surface area contributed by atoms with Gasteiger partial charge in [-0.3, -0.25) is 4.99 Å². The molecule has 0 aliphatic rings. The molecule has 4 aromatic rings. The van der Waals surface area contributed by atoms with E-state index in [1.807, 2.05) is 49.4 Å². The van der Waals surface area contributed by atoms with Crippen molar-refractivity contribution >= 4 is 11.4 Å². The minimum Gasteiger partial charge on any atom is -0.253 e. The first-order chi connectivity index (χ1) is 14.2. The molecular weight excluding hydrogens is 350 g/mol. The van der Waals surface area contributed by atoms with Crippen molar-refractivity contribution in [3.63, 3.8) is 0 Å². The van der Waals surface area contributed by atoms with Gasteiger partial charge < -0.3 is 0 Å². The monoisotopic (exact) mass is 373 g/mol. The van der Waals surface area contributed by atoms with Crippen LogP contribution >= 0.6 is 0 Å². The van der Waals surface area contributed by atoms with E-state index in [-0.39, 0.29) is 0 Å². The molecule has 0 aliphatic carbocycles. The van der Waals surface area contributed by atoms with E-state index < -0.39 is 0 Å². The van der Waals surface area contributed by atoms with Gasteiger partial charge in [-0.15, -0.1) is 0 Å². The molecule has 1 nitrogen and oxygen atoms in total. The molecule has 0 amide bonds. The number of benzene rings is 4. The summed E-state index contributed by atoms with van der Waals surface area (Å²) in [5.41, 5.74) is 8.62. The molecule has 0 aromatic heterocycles. The molecule has 0 heterocycles. The lowest BCUT2D eigenvalue weighted by Gasteiger charge is -2.11. The highest BCUT2D eigenvalue weighted by Gasteiger charge is 2.08. The minimum absolute atomic E-state index is 0.773. The van der Waals surface area contributed by atoms with Crippen LogP contribution in [-0.4, -0.2) is 5.71 Å². The zero-order valence-corrected chi connectivity index (χ0v) is 16.5. The predicted octanol–water partition coefficient (Wildman–Crippen LogP) is 7.50. The molecule has 29 heavy (non-hydrogen) atoms. The molecule has 1 heteroatoms. The minimum atomic E-state index is 0.773. The Morgan fingerprint density at radius 3 is 1.48 bits per heavy atom. The fraction of sp³-hybridized carbons (Fsp3) is 0.0357. The highest BCUT2D eigenvalue weighted by atomic mass is 14.7. The van der Waals surface area contributed by atoms with Gasteiger partial charge in [0.15, 0.2) is 0 Å². The zero-order valence-electron chi connectivity index (χ0n) is 16.5. The topological polar surface area (TPSA) is 12.4 Å². The highest BCUT2D eigenvalue weighted by Crippen LogP contribution is 2.29. The first-order valence-corrected chi connectivity index (χ1v) is 9.76. The van der Waals surface area contributed by atoms with Crippen LogP contribution in [0.25, 0.3) is 28.0 Å². The van der Waals surface area contributed by atoms with E-state index in [0.29, 0.717) is 0 Å². The summed E-state index contributed by atoms with van der Waals surface area (Å²) in [6.45, 7) is 6.21. The zero-order chi connectivity index (χ0) is 20.1. The quantitative estimate of drug-likeness (QED) is 0.321. The Morgan fingerprint density at radius 2 is 1.00 bits per heavy atom. The van der Waals surface area contributed by atoms with Gasteiger partial charge in [-0.2, -0.15) is 0 Å². The normalized spacial score (nSPS) is 11.3. The smallest absolute Gasteiger partial charge is 0.0633 e. The number of hydrogen-bond donors (Lipinski definition) is 0. The number of rotatable bonds is 5. The Balaban J connectivity index is 1.80. The third kappa shape index (κ3) is 4.41. The van der Waals surface area contributed by atoms with Crippen molar-refractivity contribution < 1.29 is 0 Å². The molecule has 0 unspecified atom stereocenters. The van der Waals surface area contributed by atoms with Crippen molar-refractivity contribution in [2.45, 2.75) is 6.92 Å². The molecule has 0 bridgehead atoms. The molecule has 0 aliphatic heterocycles. The average Bonchev–Trinajstić information content (AvgIpc) is 2.80. The van der Waals surface area contributed by atoms with Gasteiger partial charge in [0.1, 0.15) is 0 Å². The molecule has 4 rings (SSSR count). The Bertz CT molecular complexity index is 1080. The summed E-state index contributed by atoms with van der Waals surface area (Å²) >= 11 is 0. The van der Waals surface area contributed by atoms with Crippen LogP contribution in [0.3, 0.4) is 0 Å². The van der Waals surface area contributed by atoms with Crippen LogP contribution in [-0.2, 0) is 0 Å². The van der Waals surface area contributed by atoms with E-state index in [0.717, 1.165) is 22.5 Å². The van der Waals surface area contributed by atoms with E-state index in [2.05, 4.69) is 73.3 Å². The van der Waals surface area contributed by atoms with Crippen LogP contribution < -0.4 is 0 Å². The standard InChI is InChI=1S/C28H23N/c1-21(23-12-6-3-7-13-23)29-22(2)26-18-27(24-14-8-4-9-15-24)20-28(19-26)25-16-10-5-11-17-25/h3-20H,1H2,2H3. The lowest BCUT2D eigenvalue weighted by molar-refractivity contribution is 1.47. The third-order valence-corrected chi connectivity index (χ3v) is 4.97. The van der Waals surface area contributed by atoms with Gasteiger partial charge in [-0.1, -0.05) is 97.6 Å². The average molecular weight is 373 g/mol. The second-order valence-electron chi connectivity index (χ2n) is 7.04. The first-order valence-electron chi connectivity index (χ1n) is 9.76. The summed E-state index contributed by atoms with van der Waals surface area (Å²) in [6, 6.07) is 37.7. The maximum Gasteiger partial charge on any atom is 0.0633 e. The van der Waals surface area contributed by atoms with Crippen LogP contribution in [0.5, 0.6) is 0 Å². The first kappa shape index (κ1) is 18.6. The van der Waals surface area contributed by atoms with Gasteiger partial charge in [0.2, 0.25) is 0 Å². The number of hydrogen-bond acceptors (Lipinski definition) is 1. The molecule has 4 aromatic carbocycles. The molecule has 0 atom stereocenters. The van der Waals surface area contributed by atoms with Crippen LogP contribution in [0.1, 0.15) is 18.1 Å². The van der Waals surface area contributed by atoms with Gasteiger partial charge in [-0.25, -0.2) is 0 Å².